The molecule has 0 aromatic carbocycles. The van der Waals surface area contributed by atoms with Crippen molar-refractivity contribution in [1.29, 1.82) is 0 Å². The van der Waals surface area contributed by atoms with Crippen molar-refractivity contribution in [2.45, 2.75) is 44.1 Å². The van der Waals surface area contributed by atoms with Gasteiger partial charge in [-0.3, -0.25) is 0 Å². The Labute approximate surface area is 116 Å². The van der Waals surface area contributed by atoms with Crippen LogP contribution in [0.15, 0.2) is 12.7 Å². The van der Waals surface area contributed by atoms with Crippen LogP contribution in [0.4, 0.5) is 0 Å². The van der Waals surface area contributed by atoms with Gasteiger partial charge in [-0.05, 0) is 0 Å². The van der Waals surface area contributed by atoms with E-state index in [4.69, 9.17) is 13.3 Å². The topological polar surface area (TPSA) is 54.0 Å². The first kappa shape index (κ1) is 18.8. The van der Waals surface area contributed by atoms with Crippen molar-refractivity contribution in [3.8, 4) is 0 Å². The van der Waals surface area contributed by atoms with Crippen molar-refractivity contribution >= 4 is 5.97 Å². The standard InChI is InChI=1S/C3H4O2.C3H7.3C2H5O.CH3.Ti/c1-2-3(4)5;1-3-2;3*1-2-3;;/h2H,1H2,(H,4,5);1,3H2,2H3;3*2H2,1H3;1H3;/q;;3*-1;;+4/p-1. The van der Waals surface area contributed by atoms with Gasteiger partial charge in [-0.2, -0.15) is 0 Å². The molecule has 0 unspecified atom stereocenters. The van der Waals surface area contributed by atoms with Gasteiger partial charge < -0.3 is 0 Å². The Morgan fingerprint density at radius 1 is 1.05 bits per heavy atom. The monoisotopic (exact) mass is 312 g/mol. The minimum absolute atomic E-state index is 0.353. The van der Waals surface area contributed by atoms with E-state index in [0.29, 0.717) is 24.5 Å². The van der Waals surface area contributed by atoms with Gasteiger partial charge in [0.2, 0.25) is 0 Å². The van der Waals surface area contributed by atoms with E-state index >= 15 is 0 Å². The molecule has 6 heteroatoms. The van der Waals surface area contributed by atoms with Crippen molar-refractivity contribution in [3.05, 3.63) is 12.7 Å². The first-order chi connectivity index (χ1) is 8.78. The molecule has 0 spiro atoms. The zero-order chi connectivity index (χ0) is 15.1. The second-order valence-electron chi connectivity index (χ2n) is 4.92. The van der Waals surface area contributed by atoms with Crippen molar-refractivity contribution in [2.75, 3.05) is 19.8 Å². The quantitative estimate of drug-likeness (QED) is 0.456. The van der Waals surface area contributed by atoms with E-state index in [2.05, 4.69) is 6.58 Å². The molecule has 0 bridgehead atoms. The normalized spacial score (nSPS) is 15.4. The molecule has 0 aliphatic rings. The van der Waals surface area contributed by atoms with Crippen molar-refractivity contribution in [1.82, 2.24) is 0 Å². The van der Waals surface area contributed by atoms with Gasteiger partial charge in [0.1, 0.15) is 0 Å². The fourth-order valence-electron chi connectivity index (χ4n) is 2.75. The molecule has 0 aliphatic carbocycles. The van der Waals surface area contributed by atoms with Crippen molar-refractivity contribution in [3.63, 3.8) is 0 Å². The van der Waals surface area contributed by atoms with Crippen LogP contribution >= 0.6 is 0 Å². The van der Waals surface area contributed by atoms with Gasteiger partial charge >= 0.3 is 116 Å². The van der Waals surface area contributed by atoms with Crippen LogP contribution in [0.3, 0.4) is 0 Å². The van der Waals surface area contributed by atoms with E-state index in [9.17, 15) is 4.79 Å². The summed E-state index contributed by atoms with van der Waals surface area (Å²) in [4.78, 5) is 11.8. The molecule has 0 N–H and O–H groups in total. The Morgan fingerprint density at radius 3 is 1.74 bits per heavy atom. The number of hydrogen-bond acceptors (Lipinski definition) is 5. The molecule has 0 atom stereocenters. The Morgan fingerprint density at radius 2 is 1.47 bits per heavy atom. The second kappa shape index (κ2) is 6.50. The molecule has 0 radical (unpaired) electrons. The minimum atomic E-state index is -5.25. The molecule has 0 saturated heterocycles. The van der Waals surface area contributed by atoms with Crippen LogP contribution < -0.4 is 0 Å². The van der Waals surface area contributed by atoms with Crippen molar-refractivity contribution < 1.29 is 33.6 Å². The average molecular weight is 312 g/mol. The van der Waals surface area contributed by atoms with Crippen LogP contribution in [0, 0.1) is 0 Å². The first-order valence-electron chi connectivity index (χ1n) is 6.97. The third-order valence-electron chi connectivity index (χ3n) is 3.18. The van der Waals surface area contributed by atoms with E-state index in [1.165, 1.54) is 0 Å². The average Bonchev–Trinajstić information content (AvgIpc) is 2.29. The van der Waals surface area contributed by atoms with Crippen LogP contribution in [0.1, 0.15) is 34.1 Å². The van der Waals surface area contributed by atoms with E-state index in [-0.39, 0.29) is 0 Å². The molecule has 0 heterocycles. The molecule has 5 nitrogen and oxygen atoms in total. The van der Waals surface area contributed by atoms with Gasteiger partial charge in [0, 0.05) is 0 Å². The van der Waals surface area contributed by atoms with Gasteiger partial charge in [-0.15, -0.1) is 0 Å². The molecule has 0 rings (SSSR count). The molecule has 0 aromatic heterocycles. The summed E-state index contributed by atoms with van der Waals surface area (Å²) in [5.74, 6) is -0.573. The summed E-state index contributed by atoms with van der Waals surface area (Å²) in [5, 5.41) is 1.72. The van der Waals surface area contributed by atoms with Gasteiger partial charge in [0.05, 0.1) is 0 Å². The third-order valence-corrected chi connectivity index (χ3v) is 12.6. The van der Waals surface area contributed by atoms with E-state index in [1.54, 1.807) is 5.23 Å². The van der Waals surface area contributed by atoms with Gasteiger partial charge in [0.25, 0.3) is 0 Å². The zero-order valence-corrected chi connectivity index (χ0v) is 14.4. The molecule has 114 valence electrons. The van der Waals surface area contributed by atoms with Crippen molar-refractivity contribution in [2.24, 2.45) is 0 Å². The summed E-state index contributed by atoms with van der Waals surface area (Å²) in [6.07, 6.45) is 1.84. The number of carbonyl (C=O) groups is 1. The Balaban J connectivity index is 5.93. The Kier molecular flexibility index (Phi) is 6.44. The van der Waals surface area contributed by atoms with E-state index < -0.39 is 21.5 Å². The van der Waals surface area contributed by atoms with Crippen LogP contribution in [0.2, 0.25) is 9.95 Å². The fourth-order valence-corrected chi connectivity index (χ4v) is 11.3. The summed E-state index contributed by atoms with van der Waals surface area (Å²) in [6, 6.07) is 0. The summed E-state index contributed by atoms with van der Waals surface area (Å²) >= 11 is -5.25. The molecule has 0 aromatic rings. The Bertz CT molecular complexity index is 300. The molecular weight excluding hydrogens is 284 g/mol. The molecule has 19 heavy (non-hydrogen) atoms. The summed E-state index contributed by atoms with van der Waals surface area (Å²) < 4.78 is 24.0. The van der Waals surface area contributed by atoms with E-state index in [1.807, 2.05) is 27.7 Å². The molecular formula is C13H28O5Ti. The van der Waals surface area contributed by atoms with Crippen LogP contribution in [-0.4, -0.2) is 25.8 Å². The third kappa shape index (κ3) is 4.13. The number of hydrogen-bond donors (Lipinski definition) is 0. The summed E-state index contributed by atoms with van der Waals surface area (Å²) in [5.41, 5.74) is 0. The molecule has 0 aliphatic heterocycles. The predicted octanol–water partition coefficient (Wildman–Crippen LogP) is 3.59. The maximum absolute atomic E-state index is 11.8. The van der Waals surface area contributed by atoms with Gasteiger partial charge in [-0.25, -0.2) is 0 Å². The van der Waals surface area contributed by atoms with Crippen LogP contribution in [0.25, 0.3) is 0 Å². The van der Waals surface area contributed by atoms with Crippen LogP contribution in [-0.2, 0) is 33.6 Å². The maximum atomic E-state index is 11.8. The van der Waals surface area contributed by atoms with E-state index in [0.717, 1.165) is 12.5 Å². The summed E-state index contributed by atoms with van der Waals surface area (Å²) in [6.45, 7) is 12.0. The predicted molar refractivity (Wildman–Crippen MR) is 72.1 cm³/mol. The SMILES string of the molecule is C=CC(=O)[O][Ti]([CH3])([CH2]CC)([O]CC)([O]CC)[O]CC. The second-order valence-corrected chi connectivity index (χ2v) is 14.4. The molecule has 0 saturated carbocycles. The number of carbonyl (C=O) groups excluding carboxylic acids is 1. The fraction of sp³-hybridized carbons (Fsp3) is 0.769. The Hall–Kier alpha value is -0.196. The van der Waals surface area contributed by atoms with Gasteiger partial charge in [-0.1, -0.05) is 0 Å². The zero-order valence-electron chi connectivity index (χ0n) is 12.9. The molecule has 0 amide bonds. The number of rotatable bonds is 10. The summed E-state index contributed by atoms with van der Waals surface area (Å²) in [7, 11) is 0. The molecule has 0 fully saturated rings. The van der Waals surface area contributed by atoms with Gasteiger partial charge in [0.15, 0.2) is 0 Å². The first-order valence-corrected chi connectivity index (χ1v) is 12.2. The van der Waals surface area contributed by atoms with Crippen LogP contribution in [0.5, 0.6) is 0 Å².